The van der Waals surface area contributed by atoms with Crippen molar-refractivity contribution in [3.63, 3.8) is 0 Å². The number of hydrogen-bond acceptors (Lipinski definition) is 1. The Morgan fingerprint density at radius 2 is 1.14 bits per heavy atom. The topological polar surface area (TPSA) is 13.1 Å². The van der Waals surface area contributed by atoms with Crippen molar-refractivity contribution >= 4 is 54.3 Å². The Labute approximate surface area is 229 Å². The molecule has 0 unspecified atom stereocenters. The van der Waals surface area contributed by atoms with Gasteiger partial charge in [-0.05, 0) is 61.3 Å². The molecule has 8 aromatic rings. The van der Waals surface area contributed by atoms with E-state index < -0.39 is 36.3 Å². The molecular formula is C36H22O. The van der Waals surface area contributed by atoms with E-state index in [-0.39, 0.29) is 57.5 Å². The predicted octanol–water partition coefficient (Wildman–Crippen LogP) is 10.4. The minimum atomic E-state index is -0.492. The quantitative estimate of drug-likeness (QED) is 0.224. The highest BCUT2D eigenvalue weighted by Crippen LogP contribution is 2.47. The third kappa shape index (κ3) is 2.92. The van der Waals surface area contributed by atoms with Crippen LogP contribution in [0.25, 0.3) is 76.5 Å². The second-order valence-electron chi connectivity index (χ2n) is 8.83. The average Bonchev–Trinajstić information content (AvgIpc) is 3.49. The molecule has 0 spiro atoms. The van der Waals surface area contributed by atoms with Crippen LogP contribution in [0, 0.1) is 0 Å². The van der Waals surface area contributed by atoms with E-state index in [2.05, 4.69) is 0 Å². The second kappa shape index (κ2) is 7.81. The first-order valence-electron chi connectivity index (χ1n) is 17.3. The van der Waals surface area contributed by atoms with E-state index in [9.17, 15) is 0 Å². The first kappa shape index (κ1) is 12.4. The zero-order valence-corrected chi connectivity index (χ0v) is 19.3. The smallest absolute Gasteiger partial charge is 0.143 e. The summed E-state index contributed by atoms with van der Waals surface area (Å²) >= 11 is 0. The molecule has 172 valence electrons. The van der Waals surface area contributed by atoms with Crippen LogP contribution in [-0.4, -0.2) is 0 Å². The lowest BCUT2D eigenvalue weighted by Gasteiger charge is -2.18. The van der Waals surface area contributed by atoms with Gasteiger partial charge in [0.15, 0.2) is 0 Å². The molecule has 0 amide bonds. The third-order valence-electron chi connectivity index (χ3n) is 6.89. The van der Waals surface area contributed by atoms with E-state index in [1.54, 1.807) is 12.1 Å². The van der Waals surface area contributed by atoms with Gasteiger partial charge in [-0.15, -0.1) is 0 Å². The summed E-state index contributed by atoms with van der Waals surface area (Å²) in [7, 11) is 0. The van der Waals surface area contributed by atoms with E-state index >= 15 is 0 Å². The summed E-state index contributed by atoms with van der Waals surface area (Å²) in [4.78, 5) is 0. The van der Waals surface area contributed by atoms with Crippen LogP contribution in [0.5, 0.6) is 0 Å². The van der Waals surface area contributed by atoms with Crippen molar-refractivity contribution in [3.8, 4) is 22.3 Å². The van der Waals surface area contributed by atoms with Gasteiger partial charge in [0.1, 0.15) is 11.2 Å². The van der Waals surface area contributed by atoms with Crippen LogP contribution in [0.1, 0.15) is 15.1 Å². The molecule has 0 fully saturated rings. The summed E-state index contributed by atoms with van der Waals surface area (Å²) in [5, 5.41) is 3.38. The van der Waals surface area contributed by atoms with Crippen molar-refractivity contribution in [2.75, 3.05) is 0 Å². The summed E-state index contributed by atoms with van der Waals surface area (Å²) in [5.74, 6) is 0. The van der Waals surface area contributed by atoms with E-state index in [0.29, 0.717) is 43.6 Å². The molecule has 0 aliphatic carbocycles. The van der Waals surface area contributed by atoms with Gasteiger partial charge in [-0.25, -0.2) is 0 Å². The Balaban J connectivity index is 1.59. The summed E-state index contributed by atoms with van der Waals surface area (Å²) in [6.07, 6.45) is 0. The predicted molar refractivity (Wildman–Crippen MR) is 157 cm³/mol. The third-order valence-corrected chi connectivity index (χ3v) is 6.89. The number of furan rings is 1. The SMILES string of the molecule is [2H]c1c([2H])c([2H])c(-c2c3ccccc3c(-c3cccc4oc5c6c([2H])c([2H])c([2H])c([2H])c6c([2H])c([2H])c5c34)c3ccccc23)c([2H])c1[2H]. The molecule has 0 N–H and O–H groups in total. The first-order valence-corrected chi connectivity index (χ1v) is 11.8. The molecule has 1 aromatic heterocycles. The molecule has 8 rings (SSSR count). The molecule has 0 aliphatic rings. The molecule has 1 heteroatoms. The number of hydrogen-bond donors (Lipinski definition) is 0. The molecule has 37 heavy (non-hydrogen) atoms. The standard InChI is InChI=1S/C36H22O/c1-2-12-24(13-3-1)33-26-15-6-8-17-28(26)34(29-18-9-7-16-27(29)33)30-19-10-20-32-35(30)31-22-21-23-11-4-5-14-25(23)36(31)37-32/h1-22H/i1D,2D,3D,4D,5D,11D,12D,13D,14D,21D,22D. The molecule has 1 nitrogen and oxygen atoms in total. The maximum absolute atomic E-state index is 9.10. The van der Waals surface area contributed by atoms with Crippen LogP contribution in [-0.2, 0) is 0 Å². The van der Waals surface area contributed by atoms with Crippen LogP contribution in [0.3, 0.4) is 0 Å². The van der Waals surface area contributed by atoms with Gasteiger partial charge in [-0.2, -0.15) is 0 Å². The molecule has 7 aromatic carbocycles. The minimum Gasteiger partial charge on any atom is -0.455 e. The fourth-order valence-electron chi connectivity index (χ4n) is 5.42. The van der Waals surface area contributed by atoms with Crippen molar-refractivity contribution < 1.29 is 19.5 Å². The molecule has 0 saturated heterocycles. The Kier molecular flexibility index (Phi) is 2.61. The van der Waals surface area contributed by atoms with Crippen molar-refractivity contribution in [3.05, 3.63) is 133 Å². The average molecular weight is 482 g/mol. The lowest BCUT2D eigenvalue weighted by molar-refractivity contribution is 0.673. The van der Waals surface area contributed by atoms with E-state index in [4.69, 9.17) is 19.5 Å². The zero-order valence-electron chi connectivity index (χ0n) is 30.3. The van der Waals surface area contributed by atoms with E-state index in [0.717, 1.165) is 5.56 Å². The van der Waals surface area contributed by atoms with Crippen molar-refractivity contribution in [2.45, 2.75) is 0 Å². The Hall–Kier alpha value is -4.88. The van der Waals surface area contributed by atoms with Crippen molar-refractivity contribution in [1.29, 1.82) is 0 Å². The monoisotopic (exact) mass is 481 g/mol. The van der Waals surface area contributed by atoms with Crippen LogP contribution < -0.4 is 0 Å². The number of fused-ring (bicyclic) bond motifs is 7. The number of benzene rings is 7. The maximum atomic E-state index is 9.10. The van der Waals surface area contributed by atoms with Crippen LogP contribution in [0.2, 0.25) is 0 Å². The highest BCUT2D eigenvalue weighted by molar-refractivity contribution is 6.26. The van der Waals surface area contributed by atoms with Crippen molar-refractivity contribution in [2.24, 2.45) is 0 Å². The van der Waals surface area contributed by atoms with E-state index in [1.807, 2.05) is 54.6 Å². The van der Waals surface area contributed by atoms with Gasteiger partial charge in [0.2, 0.25) is 0 Å². The maximum Gasteiger partial charge on any atom is 0.143 e. The summed E-state index contributed by atoms with van der Waals surface area (Å²) < 4.78 is 101. The Morgan fingerprint density at radius 1 is 0.486 bits per heavy atom. The zero-order chi connectivity index (χ0) is 33.9. The summed E-state index contributed by atoms with van der Waals surface area (Å²) in [6.45, 7) is 0. The fourth-order valence-corrected chi connectivity index (χ4v) is 5.42. The molecule has 0 aliphatic heterocycles. The van der Waals surface area contributed by atoms with Gasteiger partial charge < -0.3 is 4.42 Å². The second-order valence-corrected chi connectivity index (χ2v) is 8.83. The van der Waals surface area contributed by atoms with Gasteiger partial charge in [0, 0.05) is 16.2 Å². The largest absolute Gasteiger partial charge is 0.455 e. The molecule has 0 saturated carbocycles. The van der Waals surface area contributed by atoms with Gasteiger partial charge in [0.25, 0.3) is 0 Å². The van der Waals surface area contributed by atoms with Crippen LogP contribution >= 0.6 is 0 Å². The molecule has 0 radical (unpaired) electrons. The fraction of sp³-hybridized carbons (Fsp3) is 0. The van der Waals surface area contributed by atoms with E-state index in [1.165, 1.54) is 0 Å². The molecule has 1 heterocycles. The molecule has 0 atom stereocenters. The lowest BCUT2D eigenvalue weighted by Crippen LogP contribution is -1.91. The van der Waals surface area contributed by atoms with Gasteiger partial charge >= 0.3 is 0 Å². The normalized spacial score (nSPS) is 15.9. The van der Waals surface area contributed by atoms with Gasteiger partial charge in [-0.3, -0.25) is 0 Å². The highest BCUT2D eigenvalue weighted by Gasteiger charge is 2.20. The van der Waals surface area contributed by atoms with Crippen molar-refractivity contribution in [1.82, 2.24) is 0 Å². The molecule has 0 bridgehead atoms. The summed E-state index contributed by atoms with van der Waals surface area (Å²) in [5.41, 5.74) is 2.39. The minimum absolute atomic E-state index is 0.0328. The first-order chi connectivity index (χ1) is 23.0. The van der Waals surface area contributed by atoms with Gasteiger partial charge in [0.05, 0.1) is 15.1 Å². The Morgan fingerprint density at radius 3 is 1.86 bits per heavy atom. The highest BCUT2D eigenvalue weighted by atomic mass is 16.3. The molecular weight excluding hydrogens is 448 g/mol. The Bertz CT molecular complexity index is 2660. The number of rotatable bonds is 2. The van der Waals surface area contributed by atoms with Crippen LogP contribution in [0.15, 0.2) is 138 Å². The van der Waals surface area contributed by atoms with Crippen LogP contribution in [0.4, 0.5) is 0 Å². The summed E-state index contributed by atoms with van der Waals surface area (Å²) in [6, 6.07) is 15.9. The van der Waals surface area contributed by atoms with Gasteiger partial charge in [-0.1, -0.05) is 121 Å². The lowest BCUT2D eigenvalue weighted by atomic mass is 9.85.